The van der Waals surface area contributed by atoms with E-state index in [2.05, 4.69) is 21.3 Å². The minimum atomic E-state index is -0.938. The average molecular weight is 582 g/mol. The van der Waals surface area contributed by atoms with Gasteiger partial charge in [0.1, 0.15) is 18.1 Å². The van der Waals surface area contributed by atoms with Gasteiger partial charge in [0.05, 0.1) is 12.1 Å². The van der Waals surface area contributed by atoms with Gasteiger partial charge in [0.25, 0.3) is 0 Å². The number of carbonyl (C=O) groups excluding carboxylic acids is 5. The van der Waals surface area contributed by atoms with E-state index >= 15 is 0 Å². The van der Waals surface area contributed by atoms with E-state index in [4.69, 9.17) is 11.5 Å². The first-order valence-corrected chi connectivity index (χ1v) is 15.2. The van der Waals surface area contributed by atoms with Gasteiger partial charge in [-0.3, -0.25) is 24.0 Å². The van der Waals surface area contributed by atoms with Gasteiger partial charge in [-0.25, -0.2) is 0 Å². The van der Waals surface area contributed by atoms with E-state index in [1.807, 2.05) is 61.7 Å². The fraction of sp³-hybridized carbons (Fsp3) is 0.833. The zero-order valence-corrected chi connectivity index (χ0v) is 26.5. The van der Waals surface area contributed by atoms with E-state index in [9.17, 15) is 24.0 Å². The highest BCUT2D eigenvalue weighted by atomic mass is 16.2. The molecule has 0 unspecified atom stereocenters. The predicted molar refractivity (Wildman–Crippen MR) is 162 cm³/mol. The standard InChI is InChI=1S/C30H57N6O5/c1-18(2)13-22(17-37)33-29(40)25(15-20(5)6)36-30(41)26(16-21(7)8)35-28(39)24(11-9-10-12-31)34-27(38)23(32)14-19(3)4/h18-26H,9-16,31-32H2,1-8H3,(H,33,40)(H,34,38)(H,35,39)(H,36,41)/t22-,23-,24-,25-,26-/m0/s1. The molecule has 11 heteroatoms. The zero-order chi connectivity index (χ0) is 31.7. The SMILES string of the molecule is CC(C)C[C@@H]([C]=O)NC(=O)[C@H](CC(C)C)NC(=O)[C@H](CC(C)C)NC(=O)[C@H](CCCCN)NC(=O)[C@@H](N)CC(C)C. The van der Waals surface area contributed by atoms with Crippen LogP contribution in [0.15, 0.2) is 0 Å². The summed E-state index contributed by atoms with van der Waals surface area (Å²) in [7, 11) is 0. The van der Waals surface area contributed by atoms with Crippen molar-refractivity contribution in [1.82, 2.24) is 21.3 Å². The first-order chi connectivity index (χ1) is 19.1. The Kier molecular flexibility index (Phi) is 19.1. The Bertz CT molecular complexity index is 817. The molecule has 0 saturated heterocycles. The van der Waals surface area contributed by atoms with E-state index in [1.165, 1.54) is 0 Å². The second-order valence-corrected chi connectivity index (χ2v) is 12.8. The lowest BCUT2D eigenvalue weighted by atomic mass is 9.98. The molecule has 41 heavy (non-hydrogen) atoms. The molecule has 0 aliphatic rings. The second kappa shape index (κ2) is 20.4. The number of hydrogen-bond donors (Lipinski definition) is 6. The Morgan fingerprint density at radius 3 is 1.41 bits per heavy atom. The van der Waals surface area contributed by atoms with Crippen molar-refractivity contribution < 1.29 is 24.0 Å². The molecule has 0 rings (SSSR count). The van der Waals surface area contributed by atoms with Crippen molar-refractivity contribution in [2.75, 3.05) is 6.54 Å². The van der Waals surface area contributed by atoms with E-state index in [0.717, 1.165) is 0 Å². The average Bonchev–Trinajstić information content (AvgIpc) is 2.85. The molecular weight excluding hydrogens is 524 g/mol. The topological polar surface area (TPSA) is 186 Å². The van der Waals surface area contributed by atoms with Crippen LogP contribution in [0.4, 0.5) is 0 Å². The van der Waals surface area contributed by atoms with Crippen molar-refractivity contribution >= 4 is 29.9 Å². The van der Waals surface area contributed by atoms with Crippen LogP contribution in [0, 0.1) is 23.7 Å². The van der Waals surface area contributed by atoms with Crippen LogP contribution in [0.5, 0.6) is 0 Å². The first-order valence-electron chi connectivity index (χ1n) is 15.2. The molecule has 0 aromatic carbocycles. The summed E-state index contributed by atoms with van der Waals surface area (Å²) in [5, 5.41) is 11.0. The summed E-state index contributed by atoms with van der Waals surface area (Å²) in [5.41, 5.74) is 11.7. The smallest absolute Gasteiger partial charge is 0.243 e. The number of nitrogens with one attached hydrogen (secondary N) is 4. The summed E-state index contributed by atoms with van der Waals surface area (Å²) in [4.78, 5) is 64.1. The predicted octanol–water partition coefficient (Wildman–Crippen LogP) is 1.68. The molecule has 0 aromatic rings. The van der Waals surface area contributed by atoms with Gasteiger partial charge in [0.15, 0.2) is 0 Å². The molecule has 8 N–H and O–H groups in total. The minimum absolute atomic E-state index is 0.0493. The third-order valence-electron chi connectivity index (χ3n) is 6.49. The lowest BCUT2D eigenvalue weighted by Crippen LogP contribution is -2.58. The van der Waals surface area contributed by atoms with Crippen molar-refractivity contribution in [3.05, 3.63) is 0 Å². The van der Waals surface area contributed by atoms with Crippen LogP contribution in [0.25, 0.3) is 0 Å². The molecule has 0 aromatic heterocycles. The van der Waals surface area contributed by atoms with Crippen LogP contribution in [-0.2, 0) is 24.0 Å². The van der Waals surface area contributed by atoms with Gasteiger partial charge < -0.3 is 32.7 Å². The zero-order valence-electron chi connectivity index (χ0n) is 26.5. The summed E-state index contributed by atoms with van der Waals surface area (Å²) in [6, 6.07) is -4.25. The Morgan fingerprint density at radius 1 is 0.585 bits per heavy atom. The molecule has 0 saturated carbocycles. The lowest BCUT2D eigenvalue weighted by Gasteiger charge is -2.28. The Hall–Kier alpha value is -2.53. The monoisotopic (exact) mass is 581 g/mol. The molecule has 0 aliphatic heterocycles. The number of rotatable bonds is 21. The van der Waals surface area contributed by atoms with Gasteiger partial charge in [0.2, 0.25) is 29.9 Å². The number of carbonyl (C=O) groups is 4. The van der Waals surface area contributed by atoms with Crippen molar-refractivity contribution in [2.24, 2.45) is 35.1 Å². The van der Waals surface area contributed by atoms with Crippen molar-refractivity contribution in [1.29, 1.82) is 0 Å². The van der Waals surface area contributed by atoms with E-state index in [1.54, 1.807) is 0 Å². The maximum absolute atomic E-state index is 13.5. The largest absolute Gasteiger partial charge is 0.344 e. The highest BCUT2D eigenvalue weighted by Gasteiger charge is 2.31. The Morgan fingerprint density at radius 2 is 1.00 bits per heavy atom. The summed E-state index contributed by atoms with van der Waals surface area (Å²) in [5.74, 6) is -1.39. The third-order valence-corrected chi connectivity index (χ3v) is 6.49. The van der Waals surface area contributed by atoms with Gasteiger partial charge in [-0.15, -0.1) is 0 Å². The summed E-state index contributed by atoms with van der Waals surface area (Å²) >= 11 is 0. The molecule has 0 heterocycles. The van der Waals surface area contributed by atoms with Crippen LogP contribution in [-0.4, -0.2) is 66.7 Å². The molecule has 4 amide bonds. The van der Waals surface area contributed by atoms with E-state index in [0.29, 0.717) is 51.5 Å². The Balaban J connectivity index is 5.79. The summed E-state index contributed by atoms with van der Waals surface area (Å²) < 4.78 is 0. The fourth-order valence-electron chi connectivity index (χ4n) is 4.49. The first kappa shape index (κ1) is 38.5. The van der Waals surface area contributed by atoms with Crippen LogP contribution in [0.3, 0.4) is 0 Å². The Labute approximate surface area is 247 Å². The van der Waals surface area contributed by atoms with Crippen molar-refractivity contribution in [3.8, 4) is 0 Å². The highest BCUT2D eigenvalue weighted by molar-refractivity contribution is 5.95. The van der Waals surface area contributed by atoms with Crippen molar-refractivity contribution in [2.45, 2.75) is 131 Å². The lowest BCUT2D eigenvalue weighted by molar-refractivity contribution is -0.134. The van der Waals surface area contributed by atoms with Crippen LogP contribution < -0.4 is 32.7 Å². The quantitative estimate of drug-likeness (QED) is 0.111. The molecule has 0 fully saturated rings. The number of hydrogen-bond acceptors (Lipinski definition) is 7. The molecule has 1 radical (unpaired) electrons. The van der Waals surface area contributed by atoms with Crippen LogP contribution in [0.2, 0.25) is 0 Å². The van der Waals surface area contributed by atoms with Gasteiger partial charge in [0, 0.05) is 0 Å². The number of unbranched alkanes of at least 4 members (excludes halogenated alkanes) is 1. The van der Waals surface area contributed by atoms with Gasteiger partial charge in [-0.2, -0.15) is 0 Å². The normalized spacial score (nSPS) is 15.3. The molecule has 237 valence electrons. The molecular formula is C30H57N6O5. The number of amides is 4. The maximum atomic E-state index is 13.5. The second-order valence-electron chi connectivity index (χ2n) is 12.8. The van der Waals surface area contributed by atoms with Gasteiger partial charge in [-0.1, -0.05) is 55.4 Å². The van der Waals surface area contributed by atoms with E-state index in [-0.39, 0.29) is 23.7 Å². The van der Waals surface area contributed by atoms with Gasteiger partial charge in [-0.05, 0) is 75.2 Å². The molecule has 0 bridgehead atoms. The third kappa shape index (κ3) is 17.1. The summed E-state index contributed by atoms with van der Waals surface area (Å²) in [6.07, 6.45) is 5.07. The minimum Gasteiger partial charge on any atom is -0.344 e. The number of nitrogens with two attached hydrogens (primary N) is 2. The molecule has 11 nitrogen and oxygen atoms in total. The molecule has 0 aliphatic carbocycles. The fourth-order valence-corrected chi connectivity index (χ4v) is 4.49. The van der Waals surface area contributed by atoms with Crippen molar-refractivity contribution in [3.63, 3.8) is 0 Å². The maximum Gasteiger partial charge on any atom is 0.243 e. The summed E-state index contributed by atoms with van der Waals surface area (Å²) in [6.45, 7) is 15.9. The van der Waals surface area contributed by atoms with Crippen LogP contribution >= 0.6 is 0 Å². The van der Waals surface area contributed by atoms with Crippen LogP contribution in [0.1, 0.15) is 100 Å². The molecule has 0 spiro atoms. The highest BCUT2D eigenvalue weighted by Crippen LogP contribution is 2.12. The van der Waals surface area contributed by atoms with Gasteiger partial charge >= 0.3 is 0 Å². The molecule has 5 atom stereocenters. The van der Waals surface area contributed by atoms with E-state index < -0.39 is 53.8 Å².